The highest BCUT2D eigenvalue weighted by molar-refractivity contribution is 5.36. The van der Waals surface area contributed by atoms with Crippen LogP contribution >= 0.6 is 0 Å². The van der Waals surface area contributed by atoms with Gasteiger partial charge in [0.05, 0.1) is 0 Å². The molecule has 2 aliphatic rings. The second-order valence-corrected chi connectivity index (χ2v) is 6.02. The lowest BCUT2D eigenvalue weighted by atomic mass is 10.3. The normalized spacial score (nSPS) is 20.5. The molecule has 0 amide bonds. The second-order valence-electron chi connectivity index (χ2n) is 6.02. The maximum absolute atomic E-state index is 12.5. The lowest BCUT2D eigenvalue weighted by Gasteiger charge is -2.22. The number of rotatable bonds is 5. The van der Waals surface area contributed by atoms with Crippen molar-refractivity contribution >= 4 is 5.82 Å². The summed E-state index contributed by atoms with van der Waals surface area (Å²) in [5.74, 6) is 0.630. The van der Waals surface area contributed by atoms with Crippen molar-refractivity contribution in [2.75, 3.05) is 44.2 Å². The number of anilines is 1. The van der Waals surface area contributed by atoms with Gasteiger partial charge in [-0.2, -0.15) is 0 Å². The fraction of sp³-hybridized carbons (Fsp3) is 0.733. The Hall–Kier alpha value is -1.40. The number of hydrogen-bond acceptors (Lipinski definition) is 5. The molecule has 6 heteroatoms. The van der Waals surface area contributed by atoms with E-state index in [4.69, 9.17) is 5.73 Å². The molecule has 1 aliphatic carbocycles. The van der Waals surface area contributed by atoms with E-state index < -0.39 is 0 Å². The molecule has 1 aromatic rings. The van der Waals surface area contributed by atoms with Crippen LogP contribution in [0.25, 0.3) is 0 Å². The van der Waals surface area contributed by atoms with E-state index in [1.165, 1.54) is 0 Å². The third-order valence-corrected chi connectivity index (χ3v) is 4.36. The minimum absolute atomic E-state index is 0.0791. The van der Waals surface area contributed by atoms with Gasteiger partial charge in [0.2, 0.25) is 0 Å². The first-order valence-electron chi connectivity index (χ1n) is 8.04. The van der Waals surface area contributed by atoms with Gasteiger partial charge >= 0.3 is 0 Å². The zero-order chi connectivity index (χ0) is 14.7. The molecule has 6 nitrogen and oxygen atoms in total. The van der Waals surface area contributed by atoms with Crippen LogP contribution in [0.3, 0.4) is 0 Å². The van der Waals surface area contributed by atoms with Crippen LogP contribution in [0.1, 0.15) is 31.7 Å². The van der Waals surface area contributed by atoms with Crippen molar-refractivity contribution in [3.05, 3.63) is 22.7 Å². The number of nitrogens with two attached hydrogens (primary N) is 1. The molecule has 0 spiro atoms. The Morgan fingerprint density at radius 1 is 1.24 bits per heavy atom. The lowest BCUT2D eigenvalue weighted by Crippen LogP contribution is -2.36. The van der Waals surface area contributed by atoms with Crippen LogP contribution in [0.15, 0.2) is 17.2 Å². The SMILES string of the molecule is NCCCN1CCCN(c2nccn(C3CC3)c2=O)CC1. The summed E-state index contributed by atoms with van der Waals surface area (Å²) in [6, 6.07) is 0.410. The van der Waals surface area contributed by atoms with Crippen molar-refractivity contribution < 1.29 is 0 Å². The van der Waals surface area contributed by atoms with Crippen LogP contribution < -0.4 is 16.2 Å². The van der Waals surface area contributed by atoms with Gasteiger partial charge in [-0.15, -0.1) is 0 Å². The average Bonchev–Trinajstić information content (AvgIpc) is 3.32. The molecule has 1 aliphatic heterocycles. The Balaban J connectivity index is 1.69. The van der Waals surface area contributed by atoms with Crippen molar-refractivity contribution in [2.45, 2.75) is 31.7 Å². The molecule has 2 N–H and O–H groups in total. The molecule has 116 valence electrons. The van der Waals surface area contributed by atoms with Crippen LogP contribution in [-0.2, 0) is 0 Å². The molecule has 0 bridgehead atoms. The number of nitrogens with zero attached hydrogens (tertiary/aromatic N) is 4. The van der Waals surface area contributed by atoms with Gasteiger partial charge in [0.25, 0.3) is 5.56 Å². The van der Waals surface area contributed by atoms with Gasteiger partial charge in [0.1, 0.15) is 0 Å². The summed E-state index contributed by atoms with van der Waals surface area (Å²) in [6.45, 7) is 5.66. The van der Waals surface area contributed by atoms with Gasteiger partial charge in [0, 0.05) is 38.1 Å². The molecule has 0 aromatic carbocycles. The smallest absolute Gasteiger partial charge is 0.293 e. The zero-order valence-corrected chi connectivity index (χ0v) is 12.6. The van der Waals surface area contributed by atoms with Gasteiger partial charge in [-0.05, 0) is 45.3 Å². The van der Waals surface area contributed by atoms with Gasteiger partial charge < -0.3 is 20.1 Å². The third kappa shape index (κ3) is 3.44. The number of hydrogen-bond donors (Lipinski definition) is 1. The summed E-state index contributed by atoms with van der Waals surface area (Å²) < 4.78 is 1.86. The maximum Gasteiger partial charge on any atom is 0.293 e. The minimum atomic E-state index is 0.0791. The molecule has 0 radical (unpaired) electrons. The Morgan fingerprint density at radius 2 is 2.10 bits per heavy atom. The second kappa shape index (κ2) is 6.58. The van der Waals surface area contributed by atoms with E-state index in [1.807, 2.05) is 10.8 Å². The molecule has 1 saturated carbocycles. The van der Waals surface area contributed by atoms with Crippen molar-refractivity contribution in [2.24, 2.45) is 5.73 Å². The van der Waals surface area contributed by atoms with Crippen LogP contribution in [-0.4, -0.2) is 53.7 Å². The predicted octanol–water partition coefficient (Wildman–Crippen LogP) is 0.439. The van der Waals surface area contributed by atoms with Crippen LogP contribution in [0, 0.1) is 0 Å². The van der Waals surface area contributed by atoms with E-state index in [1.54, 1.807) is 6.20 Å². The highest BCUT2D eigenvalue weighted by Gasteiger charge is 2.26. The fourth-order valence-electron chi connectivity index (χ4n) is 2.99. The summed E-state index contributed by atoms with van der Waals surface area (Å²) in [5.41, 5.74) is 5.66. The molecule has 0 unspecified atom stereocenters. The molecule has 3 rings (SSSR count). The molecular weight excluding hydrogens is 266 g/mol. The largest absolute Gasteiger partial charge is 0.351 e. The Morgan fingerprint density at radius 3 is 2.86 bits per heavy atom. The van der Waals surface area contributed by atoms with Crippen molar-refractivity contribution in [3.63, 3.8) is 0 Å². The Kier molecular flexibility index (Phi) is 4.55. The maximum atomic E-state index is 12.5. The standard InChI is InChI=1S/C15H25N5O/c16-5-1-7-18-8-2-9-19(12-11-18)14-15(21)20(10-6-17-14)13-3-4-13/h6,10,13H,1-5,7-9,11-12,16H2. The Labute approximate surface area is 125 Å². The van der Waals surface area contributed by atoms with Gasteiger partial charge in [-0.25, -0.2) is 4.98 Å². The van der Waals surface area contributed by atoms with Gasteiger partial charge in [-0.1, -0.05) is 0 Å². The summed E-state index contributed by atoms with van der Waals surface area (Å²) in [5, 5.41) is 0. The van der Waals surface area contributed by atoms with E-state index in [0.29, 0.717) is 11.9 Å². The first-order chi connectivity index (χ1) is 10.3. The van der Waals surface area contributed by atoms with Crippen molar-refractivity contribution in [1.29, 1.82) is 0 Å². The summed E-state index contributed by atoms with van der Waals surface area (Å²) >= 11 is 0. The van der Waals surface area contributed by atoms with Crippen LogP contribution in [0.5, 0.6) is 0 Å². The van der Waals surface area contributed by atoms with Crippen LogP contribution in [0.4, 0.5) is 5.82 Å². The van der Waals surface area contributed by atoms with Crippen molar-refractivity contribution in [1.82, 2.24) is 14.5 Å². The molecule has 0 atom stereocenters. The first kappa shape index (κ1) is 14.5. The molecule has 21 heavy (non-hydrogen) atoms. The Bertz CT molecular complexity index is 525. The fourth-order valence-corrected chi connectivity index (χ4v) is 2.99. The van der Waals surface area contributed by atoms with E-state index in [9.17, 15) is 4.79 Å². The zero-order valence-electron chi connectivity index (χ0n) is 12.6. The summed E-state index contributed by atoms with van der Waals surface area (Å²) in [6.07, 6.45) is 7.95. The lowest BCUT2D eigenvalue weighted by molar-refractivity contribution is 0.291. The first-order valence-corrected chi connectivity index (χ1v) is 8.04. The van der Waals surface area contributed by atoms with E-state index in [2.05, 4.69) is 14.8 Å². The molecule has 2 heterocycles. The average molecular weight is 291 g/mol. The highest BCUT2D eigenvalue weighted by Crippen LogP contribution is 2.33. The number of aromatic nitrogens is 2. The summed E-state index contributed by atoms with van der Waals surface area (Å²) in [4.78, 5) is 21.5. The molecule has 1 aromatic heterocycles. The quantitative estimate of drug-likeness (QED) is 0.852. The van der Waals surface area contributed by atoms with E-state index >= 15 is 0 Å². The van der Waals surface area contributed by atoms with Crippen molar-refractivity contribution in [3.8, 4) is 0 Å². The molecular formula is C15H25N5O. The highest BCUT2D eigenvalue weighted by atomic mass is 16.1. The molecule has 2 fully saturated rings. The van der Waals surface area contributed by atoms with Gasteiger partial charge in [0.15, 0.2) is 5.82 Å². The van der Waals surface area contributed by atoms with E-state index in [-0.39, 0.29) is 5.56 Å². The van der Waals surface area contributed by atoms with E-state index in [0.717, 1.165) is 65.0 Å². The monoisotopic (exact) mass is 291 g/mol. The minimum Gasteiger partial charge on any atom is -0.351 e. The van der Waals surface area contributed by atoms with Crippen LogP contribution in [0.2, 0.25) is 0 Å². The summed E-state index contributed by atoms with van der Waals surface area (Å²) in [7, 11) is 0. The molecule has 1 saturated heterocycles. The predicted molar refractivity (Wildman–Crippen MR) is 83.7 cm³/mol. The van der Waals surface area contributed by atoms with Gasteiger partial charge in [-0.3, -0.25) is 4.79 Å². The third-order valence-electron chi connectivity index (χ3n) is 4.36. The topological polar surface area (TPSA) is 67.4 Å².